The van der Waals surface area contributed by atoms with Gasteiger partial charge in [-0.25, -0.2) is 4.39 Å². The van der Waals surface area contributed by atoms with Crippen LogP contribution in [-0.4, -0.2) is 19.1 Å². The molecule has 1 unspecified atom stereocenters. The fourth-order valence-corrected chi connectivity index (χ4v) is 2.63. The molecule has 17 heavy (non-hydrogen) atoms. The third kappa shape index (κ3) is 2.44. The van der Waals surface area contributed by atoms with Gasteiger partial charge in [0, 0.05) is 24.8 Å². The Labute approximate surface area is 102 Å². The van der Waals surface area contributed by atoms with E-state index in [0.29, 0.717) is 5.92 Å². The van der Waals surface area contributed by atoms with Crippen LogP contribution in [0.1, 0.15) is 24.8 Å². The summed E-state index contributed by atoms with van der Waals surface area (Å²) in [4.78, 5) is 0. The summed E-state index contributed by atoms with van der Waals surface area (Å²) in [7, 11) is 0. The molecule has 1 fully saturated rings. The zero-order valence-corrected chi connectivity index (χ0v) is 10.0. The first-order valence-corrected chi connectivity index (χ1v) is 6.57. The van der Waals surface area contributed by atoms with Gasteiger partial charge in [0.2, 0.25) is 0 Å². The third-order valence-corrected chi connectivity index (χ3v) is 3.96. The summed E-state index contributed by atoms with van der Waals surface area (Å²) in [6.07, 6.45) is 5.01. The van der Waals surface area contributed by atoms with Crippen molar-refractivity contribution >= 4 is 5.69 Å². The monoisotopic (exact) mass is 234 g/mol. The van der Waals surface area contributed by atoms with Crippen molar-refractivity contribution in [1.29, 1.82) is 0 Å². The standard InChI is InChI=1S/C14H19FN2/c15-12-4-5-14-11(7-12)6-10(9-17-14)8-16-13-2-1-3-13/h4-5,7,10,13,16-17H,1-3,6,8-9H2. The molecule has 1 saturated carbocycles. The largest absolute Gasteiger partial charge is 0.384 e. The summed E-state index contributed by atoms with van der Waals surface area (Å²) in [6, 6.07) is 5.78. The minimum atomic E-state index is -0.127. The number of benzene rings is 1. The molecule has 1 aromatic carbocycles. The maximum Gasteiger partial charge on any atom is 0.123 e. The molecule has 1 atom stereocenters. The Morgan fingerprint density at radius 2 is 2.24 bits per heavy atom. The quantitative estimate of drug-likeness (QED) is 0.840. The van der Waals surface area contributed by atoms with Crippen molar-refractivity contribution in [3.63, 3.8) is 0 Å². The van der Waals surface area contributed by atoms with Crippen molar-refractivity contribution in [2.75, 3.05) is 18.4 Å². The Hall–Kier alpha value is -1.09. The molecular formula is C14H19FN2. The van der Waals surface area contributed by atoms with Crippen LogP contribution in [-0.2, 0) is 6.42 Å². The number of anilines is 1. The molecule has 0 amide bonds. The first-order valence-electron chi connectivity index (χ1n) is 6.57. The molecule has 2 nitrogen and oxygen atoms in total. The molecule has 0 spiro atoms. The van der Waals surface area contributed by atoms with Crippen LogP contribution >= 0.6 is 0 Å². The summed E-state index contributed by atoms with van der Waals surface area (Å²) in [5.41, 5.74) is 2.22. The van der Waals surface area contributed by atoms with Gasteiger partial charge in [0.05, 0.1) is 0 Å². The van der Waals surface area contributed by atoms with Crippen molar-refractivity contribution in [2.45, 2.75) is 31.7 Å². The molecule has 1 aromatic rings. The van der Waals surface area contributed by atoms with Crippen LogP contribution in [0, 0.1) is 11.7 Å². The highest BCUT2D eigenvalue weighted by Gasteiger charge is 2.21. The lowest BCUT2D eigenvalue weighted by molar-refractivity contribution is 0.317. The van der Waals surface area contributed by atoms with Gasteiger partial charge < -0.3 is 10.6 Å². The number of hydrogen-bond acceptors (Lipinski definition) is 2. The van der Waals surface area contributed by atoms with E-state index in [9.17, 15) is 4.39 Å². The van der Waals surface area contributed by atoms with E-state index in [-0.39, 0.29) is 5.82 Å². The van der Waals surface area contributed by atoms with Crippen LogP contribution in [0.3, 0.4) is 0 Å². The second-order valence-electron chi connectivity index (χ2n) is 5.29. The molecule has 3 heteroatoms. The minimum absolute atomic E-state index is 0.127. The lowest BCUT2D eigenvalue weighted by Crippen LogP contribution is -2.41. The average Bonchev–Trinajstić information content (AvgIpc) is 2.26. The molecule has 1 heterocycles. The van der Waals surface area contributed by atoms with Crippen LogP contribution < -0.4 is 10.6 Å². The van der Waals surface area contributed by atoms with E-state index >= 15 is 0 Å². The van der Waals surface area contributed by atoms with Gasteiger partial charge in [-0.1, -0.05) is 6.42 Å². The topological polar surface area (TPSA) is 24.1 Å². The zero-order chi connectivity index (χ0) is 11.7. The number of fused-ring (bicyclic) bond motifs is 1. The average molecular weight is 234 g/mol. The molecule has 1 aliphatic carbocycles. The van der Waals surface area contributed by atoms with Gasteiger partial charge in [0.1, 0.15) is 5.82 Å². The van der Waals surface area contributed by atoms with E-state index in [0.717, 1.165) is 36.8 Å². The zero-order valence-electron chi connectivity index (χ0n) is 10.0. The Bertz CT molecular complexity index is 401. The van der Waals surface area contributed by atoms with Crippen LogP contribution in [0.5, 0.6) is 0 Å². The van der Waals surface area contributed by atoms with Crippen molar-refractivity contribution in [2.24, 2.45) is 5.92 Å². The Morgan fingerprint density at radius 3 is 3.00 bits per heavy atom. The molecule has 0 saturated heterocycles. The molecule has 2 N–H and O–H groups in total. The lowest BCUT2D eigenvalue weighted by Gasteiger charge is -2.31. The SMILES string of the molecule is Fc1ccc2c(c1)CC(CNC1CCC1)CN2. The van der Waals surface area contributed by atoms with E-state index < -0.39 is 0 Å². The lowest BCUT2D eigenvalue weighted by atomic mass is 9.90. The Morgan fingerprint density at radius 1 is 1.35 bits per heavy atom. The van der Waals surface area contributed by atoms with Gasteiger partial charge in [-0.15, -0.1) is 0 Å². The molecule has 0 bridgehead atoms. The van der Waals surface area contributed by atoms with Gasteiger partial charge in [-0.05, 0) is 48.9 Å². The number of rotatable bonds is 3. The molecule has 92 valence electrons. The van der Waals surface area contributed by atoms with E-state index in [1.54, 1.807) is 6.07 Å². The van der Waals surface area contributed by atoms with Crippen LogP contribution in [0.25, 0.3) is 0 Å². The Kier molecular flexibility index (Phi) is 3.02. The number of nitrogens with one attached hydrogen (secondary N) is 2. The molecule has 2 aliphatic rings. The van der Waals surface area contributed by atoms with E-state index in [1.165, 1.54) is 25.3 Å². The minimum Gasteiger partial charge on any atom is -0.384 e. The molecule has 1 aliphatic heterocycles. The molecular weight excluding hydrogens is 215 g/mol. The molecule has 0 radical (unpaired) electrons. The summed E-state index contributed by atoms with van der Waals surface area (Å²) in [6.45, 7) is 2.05. The van der Waals surface area contributed by atoms with Gasteiger partial charge in [-0.3, -0.25) is 0 Å². The van der Waals surface area contributed by atoms with Gasteiger partial charge in [0.15, 0.2) is 0 Å². The van der Waals surface area contributed by atoms with Crippen molar-refractivity contribution in [1.82, 2.24) is 5.32 Å². The predicted molar refractivity (Wildman–Crippen MR) is 67.7 cm³/mol. The van der Waals surface area contributed by atoms with Gasteiger partial charge in [0.25, 0.3) is 0 Å². The van der Waals surface area contributed by atoms with Crippen LogP contribution in [0.2, 0.25) is 0 Å². The van der Waals surface area contributed by atoms with E-state index in [2.05, 4.69) is 10.6 Å². The van der Waals surface area contributed by atoms with Gasteiger partial charge in [-0.2, -0.15) is 0 Å². The first kappa shape index (κ1) is 11.0. The maximum absolute atomic E-state index is 13.2. The highest BCUT2D eigenvalue weighted by atomic mass is 19.1. The maximum atomic E-state index is 13.2. The van der Waals surface area contributed by atoms with E-state index in [1.807, 2.05) is 6.07 Å². The summed E-state index contributed by atoms with van der Waals surface area (Å²) >= 11 is 0. The second-order valence-corrected chi connectivity index (χ2v) is 5.29. The third-order valence-electron chi connectivity index (χ3n) is 3.96. The fraction of sp³-hybridized carbons (Fsp3) is 0.571. The summed E-state index contributed by atoms with van der Waals surface area (Å²) in [5.74, 6) is 0.461. The van der Waals surface area contributed by atoms with Gasteiger partial charge >= 0.3 is 0 Å². The van der Waals surface area contributed by atoms with Crippen LogP contribution in [0.15, 0.2) is 18.2 Å². The highest BCUT2D eigenvalue weighted by Crippen LogP contribution is 2.26. The van der Waals surface area contributed by atoms with Crippen molar-refractivity contribution < 1.29 is 4.39 Å². The van der Waals surface area contributed by atoms with E-state index in [4.69, 9.17) is 0 Å². The van der Waals surface area contributed by atoms with Crippen LogP contribution in [0.4, 0.5) is 10.1 Å². The molecule has 3 rings (SSSR count). The predicted octanol–water partition coefficient (Wildman–Crippen LogP) is 2.55. The Balaban J connectivity index is 1.59. The molecule has 0 aromatic heterocycles. The van der Waals surface area contributed by atoms with Crippen molar-refractivity contribution in [3.05, 3.63) is 29.6 Å². The smallest absolute Gasteiger partial charge is 0.123 e. The number of halogens is 1. The summed E-state index contributed by atoms with van der Waals surface area (Å²) < 4.78 is 13.2. The second kappa shape index (κ2) is 4.65. The summed E-state index contributed by atoms with van der Waals surface area (Å²) in [5, 5.41) is 6.99. The normalized spacial score (nSPS) is 23.7. The first-order chi connectivity index (χ1) is 8.31. The number of hydrogen-bond donors (Lipinski definition) is 2. The highest BCUT2D eigenvalue weighted by molar-refractivity contribution is 5.53. The fourth-order valence-electron chi connectivity index (χ4n) is 2.63. The van der Waals surface area contributed by atoms with Crippen molar-refractivity contribution in [3.8, 4) is 0 Å².